The third-order valence-electron chi connectivity index (χ3n) is 4.32. The molecule has 0 spiro atoms. The van der Waals surface area contributed by atoms with Crippen molar-refractivity contribution in [2.24, 2.45) is 5.92 Å². The fraction of sp³-hybridized carbons (Fsp3) is 0.421. The molecule has 1 aromatic heterocycles. The number of nitrogens with one attached hydrogen (secondary N) is 1. The summed E-state index contributed by atoms with van der Waals surface area (Å²) < 4.78 is 0. The lowest BCUT2D eigenvalue weighted by molar-refractivity contribution is 0.0951. The molecular weight excluding hydrogens is 300 g/mol. The smallest absolute Gasteiger partial charge is 0.254 e. The third kappa shape index (κ3) is 3.91. The zero-order chi connectivity index (χ0) is 16.9. The molecule has 24 heavy (non-hydrogen) atoms. The van der Waals surface area contributed by atoms with Crippen LogP contribution in [-0.2, 0) is 13.0 Å². The minimum Gasteiger partial charge on any atom is -0.352 e. The predicted octanol–water partition coefficient (Wildman–Crippen LogP) is 2.82. The lowest BCUT2D eigenvalue weighted by atomic mass is 10.0. The Labute approximate surface area is 143 Å². The number of fused-ring (bicyclic) bond motifs is 1. The maximum absolute atomic E-state index is 12.1. The number of rotatable bonds is 5. The number of amides is 1. The number of nitrogens with zero attached hydrogens (tertiary/aromatic N) is 3. The Bertz CT molecular complexity index is 697. The Balaban J connectivity index is 1.62. The van der Waals surface area contributed by atoms with Crippen LogP contribution in [0.1, 0.15) is 41.8 Å². The standard InChI is InChI=1S/C19H24N4O/c1-14(2)7-9-20-18(24)17-11-21-19(22-12-17)23-10-8-15-5-3-4-6-16(15)13-23/h3-6,11-12,14H,7-10,13H2,1-2H3,(H,20,24). The van der Waals surface area contributed by atoms with Crippen molar-refractivity contribution in [1.29, 1.82) is 0 Å². The van der Waals surface area contributed by atoms with Crippen LogP contribution >= 0.6 is 0 Å². The number of benzene rings is 1. The summed E-state index contributed by atoms with van der Waals surface area (Å²) in [7, 11) is 0. The van der Waals surface area contributed by atoms with Crippen molar-refractivity contribution in [2.45, 2.75) is 33.2 Å². The van der Waals surface area contributed by atoms with Crippen LogP contribution in [0.4, 0.5) is 5.95 Å². The molecule has 2 aromatic rings. The molecule has 0 atom stereocenters. The molecule has 0 bridgehead atoms. The number of hydrogen-bond acceptors (Lipinski definition) is 4. The average molecular weight is 324 g/mol. The fourth-order valence-electron chi connectivity index (χ4n) is 2.84. The summed E-state index contributed by atoms with van der Waals surface area (Å²) in [6.07, 6.45) is 5.20. The number of carbonyl (C=O) groups excluding carboxylic acids is 1. The summed E-state index contributed by atoms with van der Waals surface area (Å²) in [5, 5.41) is 2.91. The SMILES string of the molecule is CC(C)CCNC(=O)c1cnc(N2CCc3ccccc3C2)nc1. The number of carbonyl (C=O) groups is 1. The first-order valence-electron chi connectivity index (χ1n) is 8.55. The second kappa shape index (κ2) is 7.43. The first kappa shape index (κ1) is 16.4. The summed E-state index contributed by atoms with van der Waals surface area (Å²) >= 11 is 0. The molecule has 126 valence electrons. The highest BCUT2D eigenvalue weighted by Crippen LogP contribution is 2.21. The molecule has 1 aliphatic rings. The molecule has 0 aliphatic carbocycles. The number of aromatic nitrogens is 2. The Hall–Kier alpha value is -2.43. The van der Waals surface area contributed by atoms with Gasteiger partial charge in [-0.3, -0.25) is 4.79 Å². The van der Waals surface area contributed by atoms with Gasteiger partial charge in [0.1, 0.15) is 0 Å². The van der Waals surface area contributed by atoms with E-state index in [4.69, 9.17) is 0 Å². The fourth-order valence-corrected chi connectivity index (χ4v) is 2.84. The van der Waals surface area contributed by atoms with E-state index in [0.717, 1.165) is 25.9 Å². The molecule has 0 saturated heterocycles. The highest BCUT2D eigenvalue weighted by molar-refractivity contribution is 5.93. The molecular formula is C19H24N4O. The van der Waals surface area contributed by atoms with Crippen molar-refractivity contribution in [3.8, 4) is 0 Å². The number of hydrogen-bond donors (Lipinski definition) is 1. The van der Waals surface area contributed by atoms with Crippen LogP contribution in [0.2, 0.25) is 0 Å². The minimum absolute atomic E-state index is 0.105. The van der Waals surface area contributed by atoms with Crippen molar-refractivity contribution >= 4 is 11.9 Å². The Morgan fingerprint density at radius 1 is 1.21 bits per heavy atom. The molecule has 1 aliphatic heterocycles. The molecule has 5 heteroatoms. The van der Waals surface area contributed by atoms with E-state index >= 15 is 0 Å². The summed E-state index contributed by atoms with van der Waals surface area (Å²) in [4.78, 5) is 23.0. The van der Waals surface area contributed by atoms with Crippen LogP contribution in [0.3, 0.4) is 0 Å². The normalized spacial score (nSPS) is 13.7. The topological polar surface area (TPSA) is 58.1 Å². The molecule has 3 rings (SSSR count). The van der Waals surface area contributed by atoms with Gasteiger partial charge in [0.15, 0.2) is 0 Å². The quantitative estimate of drug-likeness (QED) is 0.919. The molecule has 5 nitrogen and oxygen atoms in total. The predicted molar refractivity (Wildman–Crippen MR) is 95.0 cm³/mol. The van der Waals surface area contributed by atoms with Gasteiger partial charge in [-0.2, -0.15) is 0 Å². The van der Waals surface area contributed by atoms with Gasteiger partial charge in [-0.1, -0.05) is 38.1 Å². The van der Waals surface area contributed by atoms with Gasteiger partial charge in [0.05, 0.1) is 5.56 Å². The lowest BCUT2D eigenvalue weighted by Crippen LogP contribution is -2.32. The summed E-state index contributed by atoms with van der Waals surface area (Å²) in [5.41, 5.74) is 3.23. The average Bonchev–Trinajstić information content (AvgIpc) is 2.61. The van der Waals surface area contributed by atoms with Crippen LogP contribution in [0.25, 0.3) is 0 Å². The Kier molecular flexibility index (Phi) is 5.08. The molecule has 0 radical (unpaired) electrons. The maximum atomic E-state index is 12.1. The van der Waals surface area contributed by atoms with Gasteiger partial charge in [-0.05, 0) is 29.9 Å². The summed E-state index contributed by atoms with van der Waals surface area (Å²) in [6, 6.07) is 8.47. The monoisotopic (exact) mass is 324 g/mol. The van der Waals surface area contributed by atoms with E-state index in [2.05, 4.69) is 58.3 Å². The summed E-state index contributed by atoms with van der Waals surface area (Å²) in [6.45, 7) is 6.68. The highest BCUT2D eigenvalue weighted by Gasteiger charge is 2.18. The van der Waals surface area contributed by atoms with Crippen LogP contribution in [-0.4, -0.2) is 29.0 Å². The van der Waals surface area contributed by atoms with Crippen molar-refractivity contribution in [3.63, 3.8) is 0 Å². The van der Waals surface area contributed by atoms with Crippen LogP contribution in [0, 0.1) is 5.92 Å². The molecule has 2 heterocycles. The zero-order valence-corrected chi connectivity index (χ0v) is 14.3. The second-order valence-corrected chi connectivity index (χ2v) is 6.65. The van der Waals surface area contributed by atoms with Gasteiger partial charge in [-0.15, -0.1) is 0 Å². The first-order valence-corrected chi connectivity index (χ1v) is 8.55. The lowest BCUT2D eigenvalue weighted by Gasteiger charge is -2.28. The third-order valence-corrected chi connectivity index (χ3v) is 4.32. The Morgan fingerprint density at radius 2 is 1.92 bits per heavy atom. The van der Waals surface area contributed by atoms with Crippen molar-refractivity contribution in [1.82, 2.24) is 15.3 Å². The largest absolute Gasteiger partial charge is 0.352 e. The van der Waals surface area contributed by atoms with Gasteiger partial charge in [0.2, 0.25) is 5.95 Å². The van der Waals surface area contributed by atoms with Crippen molar-refractivity contribution in [2.75, 3.05) is 18.0 Å². The van der Waals surface area contributed by atoms with Crippen LogP contribution in [0.15, 0.2) is 36.7 Å². The van der Waals surface area contributed by atoms with E-state index < -0.39 is 0 Å². The zero-order valence-electron chi connectivity index (χ0n) is 14.3. The van der Waals surface area contributed by atoms with E-state index in [1.807, 2.05) is 0 Å². The van der Waals surface area contributed by atoms with E-state index in [9.17, 15) is 4.79 Å². The molecule has 0 unspecified atom stereocenters. The van der Waals surface area contributed by atoms with E-state index in [0.29, 0.717) is 24.0 Å². The van der Waals surface area contributed by atoms with Gasteiger partial charge in [0, 0.05) is 32.0 Å². The van der Waals surface area contributed by atoms with Crippen molar-refractivity contribution < 1.29 is 4.79 Å². The van der Waals surface area contributed by atoms with E-state index in [-0.39, 0.29) is 5.91 Å². The second-order valence-electron chi connectivity index (χ2n) is 6.65. The highest BCUT2D eigenvalue weighted by atomic mass is 16.1. The molecule has 1 aromatic carbocycles. The van der Waals surface area contributed by atoms with Crippen molar-refractivity contribution in [3.05, 3.63) is 53.3 Å². The Morgan fingerprint density at radius 3 is 2.62 bits per heavy atom. The van der Waals surface area contributed by atoms with E-state index in [1.54, 1.807) is 12.4 Å². The molecule has 1 N–H and O–H groups in total. The van der Waals surface area contributed by atoms with Gasteiger partial charge < -0.3 is 10.2 Å². The number of anilines is 1. The summed E-state index contributed by atoms with van der Waals surface area (Å²) in [5.74, 6) is 1.15. The van der Waals surface area contributed by atoms with Crippen LogP contribution in [0.5, 0.6) is 0 Å². The minimum atomic E-state index is -0.105. The molecule has 0 saturated carbocycles. The maximum Gasteiger partial charge on any atom is 0.254 e. The van der Waals surface area contributed by atoms with Gasteiger partial charge >= 0.3 is 0 Å². The first-order chi connectivity index (χ1) is 11.6. The van der Waals surface area contributed by atoms with Gasteiger partial charge in [-0.25, -0.2) is 9.97 Å². The molecule has 0 fully saturated rings. The van der Waals surface area contributed by atoms with Crippen LogP contribution < -0.4 is 10.2 Å². The van der Waals surface area contributed by atoms with Gasteiger partial charge in [0.25, 0.3) is 5.91 Å². The van der Waals surface area contributed by atoms with E-state index in [1.165, 1.54) is 11.1 Å². The molecule has 1 amide bonds.